The second-order valence-corrected chi connectivity index (χ2v) is 4.49. The van der Waals surface area contributed by atoms with Crippen molar-refractivity contribution in [3.05, 3.63) is 33.2 Å². The van der Waals surface area contributed by atoms with Crippen molar-refractivity contribution in [3.8, 4) is 0 Å². The van der Waals surface area contributed by atoms with Crippen LogP contribution in [-0.4, -0.2) is 17.6 Å². The molecule has 0 unspecified atom stereocenters. The molecule has 1 aromatic rings. The summed E-state index contributed by atoms with van der Waals surface area (Å²) in [5.41, 5.74) is -0.518. The average molecular weight is 269 g/mol. The number of ether oxygens (including phenoxy) is 2. The normalized spacial score (nSPS) is 22.0. The van der Waals surface area contributed by atoms with Crippen LogP contribution < -0.4 is 5.56 Å². The second kappa shape index (κ2) is 4.77. The number of rotatable bonds is 3. The van der Waals surface area contributed by atoms with Crippen molar-refractivity contribution in [2.45, 2.75) is 39.3 Å². The molecule has 0 spiro atoms. The lowest BCUT2D eigenvalue weighted by Gasteiger charge is -2.35. The van der Waals surface area contributed by atoms with E-state index in [1.807, 2.05) is 0 Å². The van der Waals surface area contributed by atoms with Crippen LogP contribution in [0.25, 0.3) is 0 Å². The maximum atomic E-state index is 12.9. The minimum Gasteiger partial charge on any atom is -0.458 e. The Hall–Kier alpha value is -1.69. The highest BCUT2D eigenvalue weighted by Gasteiger charge is 2.46. The molecule has 0 N–H and O–H groups in total. The number of cyclic esters (lactones) is 1. The smallest absolute Gasteiger partial charge is 0.343 e. The number of aromatic nitrogens is 1. The number of carbonyl (C=O) groups is 1. The summed E-state index contributed by atoms with van der Waals surface area (Å²) in [4.78, 5) is 24.2. The van der Waals surface area contributed by atoms with E-state index in [1.54, 1.807) is 19.9 Å². The number of methoxy groups -OCH3 is 1. The van der Waals surface area contributed by atoms with E-state index >= 15 is 0 Å². The molecular weight excluding hydrogens is 253 g/mol. The minimum atomic E-state index is -1.27. The zero-order valence-electron chi connectivity index (χ0n) is 11.2. The monoisotopic (exact) mass is 269 g/mol. The van der Waals surface area contributed by atoms with Crippen molar-refractivity contribution >= 4 is 5.97 Å². The molecule has 1 aromatic heterocycles. The third-order valence-corrected chi connectivity index (χ3v) is 3.69. The molecule has 1 aliphatic rings. The Morgan fingerprint density at radius 2 is 2.21 bits per heavy atom. The lowest BCUT2D eigenvalue weighted by molar-refractivity contribution is -0.176. The van der Waals surface area contributed by atoms with Crippen LogP contribution in [0.2, 0.25) is 0 Å². The molecule has 0 saturated carbocycles. The maximum Gasteiger partial charge on any atom is 0.343 e. The summed E-state index contributed by atoms with van der Waals surface area (Å²) < 4.78 is 24.2. The summed E-state index contributed by atoms with van der Waals surface area (Å²) in [7, 11) is 1.40. The number of fused-ring (bicyclic) bond motifs is 1. The van der Waals surface area contributed by atoms with E-state index in [9.17, 15) is 14.0 Å². The molecule has 19 heavy (non-hydrogen) atoms. The van der Waals surface area contributed by atoms with Gasteiger partial charge in [-0.25, -0.2) is 9.18 Å². The fourth-order valence-electron chi connectivity index (χ4n) is 2.50. The van der Waals surface area contributed by atoms with Crippen molar-refractivity contribution in [1.29, 1.82) is 0 Å². The number of halogens is 1. The van der Waals surface area contributed by atoms with Gasteiger partial charge in [-0.3, -0.25) is 9.36 Å². The van der Waals surface area contributed by atoms with Gasteiger partial charge in [-0.15, -0.1) is 0 Å². The first kappa shape index (κ1) is 13.7. The number of esters is 1. The molecular formula is C13H16FNO4. The summed E-state index contributed by atoms with van der Waals surface area (Å²) in [5.74, 6) is -0.512. The molecule has 0 amide bonds. The highest BCUT2D eigenvalue weighted by molar-refractivity contribution is 5.83. The Morgan fingerprint density at radius 1 is 1.53 bits per heavy atom. The van der Waals surface area contributed by atoms with Gasteiger partial charge in [0.15, 0.2) is 12.4 Å². The molecule has 0 aliphatic carbocycles. The first-order valence-corrected chi connectivity index (χ1v) is 6.04. The minimum absolute atomic E-state index is 0.140. The Balaban J connectivity index is 2.78. The number of alkyl halides is 1. The molecule has 5 nitrogen and oxygen atoms in total. The summed E-state index contributed by atoms with van der Waals surface area (Å²) >= 11 is 0. The van der Waals surface area contributed by atoms with Gasteiger partial charge in [0.1, 0.15) is 6.61 Å². The van der Waals surface area contributed by atoms with Gasteiger partial charge in [0.25, 0.3) is 5.56 Å². The van der Waals surface area contributed by atoms with Crippen LogP contribution in [0.5, 0.6) is 0 Å². The van der Waals surface area contributed by atoms with Crippen LogP contribution in [0.15, 0.2) is 10.9 Å². The Morgan fingerprint density at radius 3 is 2.74 bits per heavy atom. The summed E-state index contributed by atoms with van der Waals surface area (Å²) in [6.07, 6.45) is 0.341. The fourth-order valence-corrected chi connectivity index (χ4v) is 2.50. The lowest BCUT2D eigenvalue weighted by atomic mass is 9.86. The van der Waals surface area contributed by atoms with Gasteiger partial charge in [-0.1, -0.05) is 6.92 Å². The SMILES string of the molecule is CC[C@@]1(OC)C(=O)OCc2c1cc(C)n(CF)c2=O. The van der Waals surface area contributed by atoms with Crippen LogP contribution in [-0.2, 0) is 33.3 Å². The Kier molecular flexibility index (Phi) is 3.45. The molecule has 2 rings (SSSR count). The van der Waals surface area contributed by atoms with Crippen LogP contribution in [0.4, 0.5) is 4.39 Å². The summed E-state index contributed by atoms with van der Waals surface area (Å²) in [6.45, 7) is 2.35. The number of pyridine rings is 1. The first-order valence-electron chi connectivity index (χ1n) is 6.04. The molecule has 0 bridgehead atoms. The van der Waals surface area contributed by atoms with Gasteiger partial charge in [0.05, 0.1) is 5.56 Å². The van der Waals surface area contributed by atoms with Gasteiger partial charge in [0, 0.05) is 18.4 Å². The van der Waals surface area contributed by atoms with E-state index in [1.165, 1.54) is 7.11 Å². The molecule has 2 heterocycles. The highest BCUT2D eigenvalue weighted by atomic mass is 19.1. The standard InChI is InChI=1S/C13H16FNO4/c1-4-13(18-3)10-5-8(2)15(7-14)11(16)9(10)6-19-12(13)17/h5H,4,6-7H2,1-3H3/t13-/m0/s1. The van der Waals surface area contributed by atoms with E-state index in [0.717, 1.165) is 4.57 Å². The average Bonchev–Trinajstić information content (AvgIpc) is 2.40. The number of aryl methyl sites for hydroxylation is 1. The van der Waals surface area contributed by atoms with Gasteiger partial charge >= 0.3 is 5.97 Å². The molecule has 6 heteroatoms. The molecule has 0 saturated heterocycles. The van der Waals surface area contributed by atoms with E-state index in [2.05, 4.69) is 0 Å². The van der Waals surface area contributed by atoms with Gasteiger partial charge in [0.2, 0.25) is 0 Å². The van der Waals surface area contributed by atoms with Gasteiger partial charge in [-0.2, -0.15) is 0 Å². The first-order chi connectivity index (χ1) is 9.01. The molecule has 0 aromatic carbocycles. The molecule has 104 valence electrons. The van der Waals surface area contributed by atoms with E-state index < -0.39 is 23.9 Å². The Labute approximate surface area is 109 Å². The zero-order valence-corrected chi connectivity index (χ0v) is 11.2. The topological polar surface area (TPSA) is 57.5 Å². The largest absolute Gasteiger partial charge is 0.458 e. The molecule has 1 aliphatic heterocycles. The predicted octanol–water partition coefficient (Wildman–Crippen LogP) is 1.39. The zero-order chi connectivity index (χ0) is 14.2. The predicted molar refractivity (Wildman–Crippen MR) is 65.3 cm³/mol. The van der Waals surface area contributed by atoms with Crippen LogP contribution in [0.1, 0.15) is 30.2 Å². The highest BCUT2D eigenvalue weighted by Crippen LogP contribution is 2.36. The molecule has 0 radical (unpaired) electrons. The quantitative estimate of drug-likeness (QED) is 0.778. The number of carbonyl (C=O) groups excluding carboxylic acids is 1. The molecule has 1 atom stereocenters. The number of hydrogen-bond acceptors (Lipinski definition) is 4. The lowest BCUT2D eigenvalue weighted by Crippen LogP contribution is -2.46. The van der Waals surface area contributed by atoms with Gasteiger partial charge in [-0.05, 0) is 19.4 Å². The summed E-state index contributed by atoms with van der Waals surface area (Å²) in [5, 5.41) is 0. The van der Waals surface area contributed by atoms with Crippen LogP contribution in [0.3, 0.4) is 0 Å². The Bertz CT molecular complexity index is 575. The maximum absolute atomic E-state index is 12.9. The van der Waals surface area contributed by atoms with E-state index in [4.69, 9.17) is 9.47 Å². The number of hydrogen-bond donors (Lipinski definition) is 0. The third kappa shape index (κ3) is 1.78. The van der Waals surface area contributed by atoms with Crippen molar-refractivity contribution in [1.82, 2.24) is 4.57 Å². The second-order valence-electron chi connectivity index (χ2n) is 4.49. The van der Waals surface area contributed by atoms with E-state index in [0.29, 0.717) is 17.7 Å². The fraction of sp³-hybridized carbons (Fsp3) is 0.538. The third-order valence-electron chi connectivity index (χ3n) is 3.69. The van der Waals surface area contributed by atoms with Crippen molar-refractivity contribution in [2.75, 3.05) is 7.11 Å². The van der Waals surface area contributed by atoms with Crippen molar-refractivity contribution in [2.24, 2.45) is 0 Å². The summed E-state index contributed by atoms with van der Waals surface area (Å²) in [6, 6.07) is 1.63. The molecule has 0 fully saturated rings. The van der Waals surface area contributed by atoms with E-state index in [-0.39, 0.29) is 12.2 Å². The number of nitrogens with zero attached hydrogens (tertiary/aromatic N) is 1. The van der Waals surface area contributed by atoms with Crippen LogP contribution >= 0.6 is 0 Å². The van der Waals surface area contributed by atoms with Crippen LogP contribution in [0, 0.1) is 6.92 Å². The van der Waals surface area contributed by atoms with Crippen molar-refractivity contribution in [3.63, 3.8) is 0 Å². The van der Waals surface area contributed by atoms with Crippen molar-refractivity contribution < 1.29 is 18.7 Å². The van der Waals surface area contributed by atoms with Gasteiger partial charge < -0.3 is 9.47 Å².